The van der Waals surface area contributed by atoms with Crippen LogP contribution in [-0.4, -0.2) is 119 Å². The molecule has 7 unspecified atom stereocenters. The van der Waals surface area contributed by atoms with Gasteiger partial charge >= 0.3 is 12.0 Å². The maximum absolute atomic E-state index is 14.7. The number of primary amides is 1. The quantitative estimate of drug-likeness (QED) is 0.146. The number of hydrogen-bond donors (Lipinski definition) is 7. The molecule has 1 saturated heterocycles. The van der Waals surface area contributed by atoms with Gasteiger partial charge in [-0.05, 0) is 61.5 Å². The number of nitrogens with one attached hydrogen (secondary N) is 5. The topological polar surface area (TPSA) is 249 Å². The Morgan fingerprint density at radius 1 is 0.820 bits per heavy atom. The van der Waals surface area contributed by atoms with E-state index in [2.05, 4.69) is 26.6 Å². The number of amides is 8. The van der Waals surface area contributed by atoms with Gasteiger partial charge in [-0.1, -0.05) is 94.8 Å². The van der Waals surface area contributed by atoms with Crippen molar-refractivity contribution in [2.45, 2.75) is 122 Å². The van der Waals surface area contributed by atoms with E-state index < -0.39 is 96.0 Å². The molecule has 0 bridgehead atoms. The van der Waals surface area contributed by atoms with Crippen molar-refractivity contribution in [1.29, 1.82) is 0 Å². The molecule has 0 radical (unpaired) electrons. The van der Waals surface area contributed by atoms with Crippen molar-refractivity contribution in [2.24, 2.45) is 17.6 Å². The van der Waals surface area contributed by atoms with E-state index in [9.17, 15) is 43.5 Å². The Balaban J connectivity index is 2.10. The van der Waals surface area contributed by atoms with Gasteiger partial charge in [0.05, 0.1) is 6.42 Å². The fourth-order valence-electron chi connectivity index (χ4n) is 7.18. The fraction of sp³-hybridized carbons (Fsp3) is 0.545. The predicted molar refractivity (Wildman–Crippen MR) is 228 cm³/mol. The summed E-state index contributed by atoms with van der Waals surface area (Å²) in [5.74, 6) is -5.97. The molecule has 7 atom stereocenters. The highest BCUT2D eigenvalue weighted by Gasteiger charge is 2.40. The third-order valence-electron chi connectivity index (χ3n) is 11.0. The van der Waals surface area contributed by atoms with Crippen LogP contribution in [0.2, 0.25) is 0 Å². The van der Waals surface area contributed by atoms with Crippen LogP contribution in [-0.2, 0) is 46.4 Å². The zero-order chi connectivity index (χ0) is 45.2. The molecule has 8 N–H and O–H groups in total. The number of carboxylic acids is 1. The average Bonchev–Trinajstić information content (AvgIpc) is 3.22. The summed E-state index contributed by atoms with van der Waals surface area (Å²) in [5.41, 5.74) is 7.22. The van der Waals surface area contributed by atoms with Crippen molar-refractivity contribution in [3.8, 4) is 0 Å². The molecule has 0 spiro atoms. The number of aryl methyl sites for hydroxylation is 1. The minimum atomic E-state index is -1.45. The number of nitrogens with two attached hydrogens (primary N) is 1. The van der Waals surface area contributed by atoms with Gasteiger partial charge in [0.15, 0.2) is 0 Å². The van der Waals surface area contributed by atoms with Crippen LogP contribution in [0.25, 0.3) is 0 Å². The van der Waals surface area contributed by atoms with E-state index in [0.29, 0.717) is 25.7 Å². The molecule has 2 aromatic carbocycles. The lowest BCUT2D eigenvalue weighted by Crippen LogP contribution is -2.61. The maximum Gasteiger partial charge on any atom is 0.326 e. The molecule has 1 fully saturated rings. The lowest BCUT2D eigenvalue weighted by Gasteiger charge is -2.37. The van der Waals surface area contributed by atoms with Crippen LogP contribution in [0.4, 0.5) is 4.79 Å². The standard InChI is InChI=1S/C44H64N8O9/c1-7-28(4)37-42(58)51(5)34(22-21-29-16-10-8-11-17-29)41(57)52(6)35(26-36(45)53)40(56)47-32(25-30-18-12-9-13-19-30)38(54)46-23-15-14-20-31(39(55)50-37)48-44(61)49-33(43(59)60)24-27(2)3/h8-13,16-19,27-28,31-35,37H,7,14-15,20-26H2,1-6H3,(H2,45,53)(H,46,54)(H,47,56)(H,50,55)(H,59,60)(H2,48,49,61). The highest BCUT2D eigenvalue weighted by molar-refractivity contribution is 5.98. The summed E-state index contributed by atoms with van der Waals surface area (Å²) in [5, 5.41) is 23.2. The minimum Gasteiger partial charge on any atom is -0.480 e. The van der Waals surface area contributed by atoms with Crippen LogP contribution < -0.4 is 32.3 Å². The second kappa shape index (κ2) is 24.3. The number of carbonyl (C=O) groups is 8. The number of likely N-dealkylation sites (N-methyl/N-ethyl adjacent to an activating group) is 2. The predicted octanol–water partition coefficient (Wildman–Crippen LogP) is 1.87. The first-order chi connectivity index (χ1) is 28.9. The molecule has 1 aliphatic rings. The van der Waals surface area contributed by atoms with Gasteiger partial charge in [0.2, 0.25) is 35.4 Å². The number of aliphatic carboxylic acids is 1. The third-order valence-corrected chi connectivity index (χ3v) is 11.0. The first-order valence-electron chi connectivity index (χ1n) is 21.0. The normalized spacial score (nSPS) is 22.4. The van der Waals surface area contributed by atoms with Gasteiger partial charge in [-0.2, -0.15) is 0 Å². The first kappa shape index (κ1) is 49.4. The number of benzene rings is 2. The van der Waals surface area contributed by atoms with Gasteiger partial charge in [-0.15, -0.1) is 0 Å². The van der Waals surface area contributed by atoms with Gasteiger partial charge in [-0.25, -0.2) is 9.59 Å². The molecule has 1 aliphatic heterocycles. The van der Waals surface area contributed by atoms with Gasteiger partial charge in [0.25, 0.3) is 0 Å². The van der Waals surface area contributed by atoms with Gasteiger partial charge in [0.1, 0.15) is 36.3 Å². The molecule has 17 nitrogen and oxygen atoms in total. The number of urea groups is 1. The van der Waals surface area contributed by atoms with E-state index in [1.54, 1.807) is 37.3 Å². The third kappa shape index (κ3) is 15.5. The highest BCUT2D eigenvalue weighted by Crippen LogP contribution is 2.20. The van der Waals surface area contributed by atoms with E-state index in [0.717, 1.165) is 16.0 Å². The van der Waals surface area contributed by atoms with Crippen LogP contribution in [0.3, 0.4) is 0 Å². The Labute approximate surface area is 358 Å². The zero-order valence-electron chi connectivity index (χ0n) is 36.1. The summed E-state index contributed by atoms with van der Waals surface area (Å²) in [6, 6.07) is 9.91. The summed E-state index contributed by atoms with van der Waals surface area (Å²) in [6.45, 7) is 7.33. The van der Waals surface area contributed by atoms with E-state index >= 15 is 0 Å². The summed E-state index contributed by atoms with van der Waals surface area (Å²) in [7, 11) is 2.77. The summed E-state index contributed by atoms with van der Waals surface area (Å²) in [6.07, 6.45) is 1.18. The molecular weight excluding hydrogens is 785 g/mol. The summed E-state index contributed by atoms with van der Waals surface area (Å²) >= 11 is 0. The Bertz CT molecular complexity index is 1810. The Morgan fingerprint density at radius 2 is 1.43 bits per heavy atom. The van der Waals surface area contributed by atoms with E-state index in [4.69, 9.17) is 5.73 Å². The average molecular weight is 849 g/mol. The highest BCUT2D eigenvalue weighted by atomic mass is 16.4. The molecule has 61 heavy (non-hydrogen) atoms. The van der Waals surface area contributed by atoms with Crippen molar-refractivity contribution in [3.05, 3.63) is 71.8 Å². The number of rotatable bonds is 14. The van der Waals surface area contributed by atoms with Crippen molar-refractivity contribution in [3.63, 3.8) is 0 Å². The summed E-state index contributed by atoms with van der Waals surface area (Å²) < 4.78 is 0. The lowest BCUT2D eigenvalue weighted by atomic mass is 9.95. The molecule has 3 rings (SSSR count). The van der Waals surface area contributed by atoms with Crippen molar-refractivity contribution >= 4 is 47.4 Å². The van der Waals surface area contributed by atoms with E-state index in [1.165, 1.54) is 19.0 Å². The second-order valence-electron chi connectivity index (χ2n) is 16.2. The Hall–Kier alpha value is -6.00. The molecule has 8 amide bonds. The van der Waals surface area contributed by atoms with Crippen molar-refractivity contribution < 1.29 is 43.5 Å². The molecule has 2 aromatic rings. The van der Waals surface area contributed by atoms with Crippen LogP contribution in [0.1, 0.15) is 83.8 Å². The van der Waals surface area contributed by atoms with Crippen molar-refractivity contribution in [2.75, 3.05) is 20.6 Å². The monoisotopic (exact) mass is 848 g/mol. The van der Waals surface area contributed by atoms with Crippen LogP contribution in [0.5, 0.6) is 0 Å². The van der Waals surface area contributed by atoms with Crippen LogP contribution in [0, 0.1) is 11.8 Å². The van der Waals surface area contributed by atoms with E-state index in [1.807, 2.05) is 51.1 Å². The maximum atomic E-state index is 14.7. The fourth-order valence-corrected chi connectivity index (χ4v) is 7.18. The lowest BCUT2D eigenvalue weighted by molar-refractivity contribution is -0.150. The number of carbonyl (C=O) groups excluding carboxylic acids is 7. The molecule has 17 heteroatoms. The van der Waals surface area contributed by atoms with Gasteiger partial charge in [-0.3, -0.25) is 28.8 Å². The minimum absolute atomic E-state index is 0.0518. The Kier molecular flexibility index (Phi) is 19.7. The zero-order valence-corrected chi connectivity index (χ0v) is 36.1. The smallest absolute Gasteiger partial charge is 0.326 e. The Morgan fingerprint density at radius 3 is 2.00 bits per heavy atom. The molecule has 0 aromatic heterocycles. The summed E-state index contributed by atoms with van der Waals surface area (Å²) in [4.78, 5) is 111. The van der Waals surface area contributed by atoms with Gasteiger partial charge < -0.3 is 47.2 Å². The molecule has 334 valence electrons. The largest absolute Gasteiger partial charge is 0.480 e. The molecule has 0 aliphatic carbocycles. The van der Waals surface area contributed by atoms with Crippen LogP contribution in [0.15, 0.2) is 60.7 Å². The number of hydrogen-bond acceptors (Lipinski definition) is 8. The van der Waals surface area contributed by atoms with Gasteiger partial charge in [0, 0.05) is 27.1 Å². The van der Waals surface area contributed by atoms with Crippen molar-refractivity contribution in [1.82, 2.24) is 36.4 Å². The molecular formula is C44H64N8O9. The van der Waals surface area contributed by atoms with Crippen LogP contribution >= 0.6 is 0 Å². The van der Waals surface area contributed by atoms with E-state index in [-0.39, 0.29) is 38.1 Å². The number of nitrogens with zero attached hydrogens (tertiary/aromatic N) is 2. The second-order valence-corrected chi connectivity index (χ2v) is 16.2. The SMILES string of the molecule is CCC(C)C1NC(=O)C(NC(=O)NC(CC(C)C)C(=O)O)CCCCNC(=O)C(Cc2ccccc2)NC(=O)C(CC(N)=O)N(C)C(=O)C(CCc2ccccc2)N(C)C1=O. The number of carboxylic acid groups (broad SMARTS) is 1. The molecule has 0 saturated carbocycles. The first-order valence-corrected chi connectivity index (χ1v) is 21.0. The molecule has 1 heterocycles.